The fourth-order valence-electron chi connectivity index (χ4n) is 1.78. The summed E-state index contributed by atoms with van der Waals surface area (Å²) >= 11 is 0. The highest BCUT2D eigenvalue weighted by molar-refractivity contribution is 5.07. The fourth-order valence-corrected chi connectivity index (χ4v) is 1.78. The van der Waals surface area contributed by atoms with Crippen molar-refractivity contribution in [1.29, 1.82) is 0 Å². The summed E-state index contributed by atoms with van der Waals surface area (Å²) in [7, 11) is 1.43. The first-order chi connectivity index (χ1) is 8.04. The van der Waals surface area contributed by atoms with Crippen LogP contribution < -0.4 is 11.2 Å². The van der Waals surface area contributed by atoms with E-state index >= 15 is 0 Å². The molecule has 6 nitrogen and oxygen atoms in total. The molecule has 1 aromatic heterocycles. The third-order valence-electron chi connectivity index (χ3n) is 2.74. The van der Waals surface area contributed by atoms with Crippen LogP contribution in [0, 0.1) is 6.92 Å². The monoisotopic (exact) mass is 238 g/mol. The van der Waals surface area contributed by atoms with Crippen molar-refractivity contribution in [2.75, 3.05) is 6.61 Å². The number of rotatable bonds is 2. The second-order valence-electron chi connectivity index (χ2n) is 4.00. The van der Waals surface area contributed by atoms with E-state index in [-0.39, 0.29) is 12.2 Å². The number of hydrogen-bond donors (Lipinski definition) is 1. The van der Waals surface area contributed by atoms with Crippen LogP contribution in [0.25, 0.3) is 0 Å². The average Bonchev–Trinajstić information content (AvgIpc) is 2.79. The Kier molecular flexibility index (Phi) is 2.99. The van der Waals surface area contributed by atoms with Crippen molar-refractivity contribution in [3.63, 3.8) is 0 Å². The summed E-state index contributed by atoms with van der Waals surface area (Å²) in [4.78, 5) is 23.4. The van der Waals surface area contributed by atoms with Gasteiger partial charge in [0.2, 0.25) is 0 Å². The lowest BCUT2D eigenvalue weighted by Crippen LogP contribution is -2.40. The Morgan fingerprint density at radius 2 is 2.12 bits per heavy atom. The van der Waals surface area contributed by atoms with Gasteiger partial charge in [0.25, 0.3) is 5.56 Å². The van der Waals surface area contributed by atoms with E-state index in [9.17, 15) is 9.59 Å². The maximum absolute atomic E-state index is 11.9. The minimum absolute atomic E-state index is 0.132. The molecule has 0 fully saturated rings. The van der Waals surface area contributed by atoms with Crippen LogP contribution in [-0.2, 0) is 11.8 Å². The summed E-state index contributed by atoms with van der Waals surface area (Å²) in [5.41, 5.74) is -0.280. The zero-order valence-corrected chi connectivity index (χ0v) is 9.66. The van der Waals surface area contributed by atoms with Gasteiger partial charge >= 0.3 is 5.69 Å². The Morgan fingerprint density at radius 1 is 1.41 bits per heavy atom. The number of aliphatic hydroxyl groups excluding tert-OH is 1. The van der Waals surface area contributed by atoms with Gasteiger partial charge in [-0.3, -0.25) is 13.9 Å². The van der Waals surface area contributed by atoms with Crippen LogP contribution in [-0.4, -0.2) is 27.0 Å². The molecular formula is C11H14N2O4. The van der Waals surface area contributed by atoms with Crippen molar-refractivity contribution >= 4 is 0 Å². The van der Waals surface area contributed by atoms with Crippen molar-refractivity contribution in [1.82, 2.24) is 9.13 Å². The highest BCUT2D eigenvalue weighted by atomic mass is 16.5. The maximum Gasteiger partial charge on any atom is 0.333 e. The Morgan fingerprint density at radius 3 is 2.71 bits per heavy atom. The van der Waals surface area contributed by atoms with Gasteiger partial charge in [0, 0.05) is 18.8 Å². The molecule has 17 heavy (non-hydrogen) atoms. The molecule has 0 spiro atoms. The molecule has 0 radical (unpaired) electrons. The standard InChI is InChI=1S/C11H14N2O4/c1-7-5-13(11(16)12(2)10(7)15)9-4-3-8(6-14)17-9/h3-5,8-9,14H,6H2,1-2H3/t8-,9+/m0/s1. The van der Waals surface area contributed by atoms with Gasteiger partial charge < -0.3 is 9.84 Å². The molecule has 0 aromatic carbocycles. The topological polar surface area (TPSA) is 73.5 Å². The van der Waals surface area contributed by atoms with Crippen molar-refractivity contribution in [3.8, 4) is 0 Å². The van der Waals surface area contributed by atoms with E-state index in [1.807, 2.05) is 0 Å². The highest BCUT2D eigenvalue weighted by Gasteiger charge is 2.21. The predicted molar refractivity (Wildman–Crippen MR) is 60.8 cm³/mol. The van der Waals surface area contributed by atoms with Crippen LogP contribution >= 0.6 is 0 Å². The van der Waals surface area contributed by atoms with Gasteiger partial charge in [0.05, 0.1) is 6.61 Å². The first-order valence-corrected chi connectivity index (χ1v) is 5.28. The lowest BCUT2D eigenvalue weighted by Gasteiger charge is -2.16. The van der Waals surface area contributed by atoms with Gasteiger partial charge in [-0.1, -0.05) is 6.08 Å². The third kappa shape index (κ3) is 1.96. The maximum atomic E-state index is 11.9. The van der Waals surface area contributed by atoms with Crippen LogP contribution in [0.15, 0.2) is 27.9 Å². The van der Waals surface area contributed by atoms with E-state index in [1.54, 1.807) is 19.1 Å². The molecule has 2 atom stereocenters. The highest BCUT2D eigenvalue weighted by Crippen LogP contribution is 2.18. The van der Waals surface area contributed by atoms with Gasteiger partial charge in [-0.15, -0.1) is 0 Å². The van der Waals surface area contributed by atoms with Crippen molar-refractivity contribution in [3.05, 3.63) is 44.8 Å². The Bertz CT molecular complexity index is 570. The molecule has 6 heteroatoms. The molecule has 1 N–H and O–H groups in total. The third-order valence-corrected chi connectivity index (χ3v) is 2.74. The first-order valence-electron chi connectivity index (χ1n) is 5.28. The molecule has 92 valence electrons. The summed E-state index contributed by atoms with van der Waals surface area (Å²) in [5.74, 6) is 0. The summed E-state index contributed by atoms with van der Waals surface area (Å²) in [5, 5.41) is 8.93. The lowest BCUT2D eigenvalue weighted by molar-refractivity contribution is -0.0109. The van der Waals surface area contributed by atoms with E-state index < -0.39 is 18.0 Å². The van der Waals surface area contributed by atoms with Crippen LogP contribution in [0.4, 0.5) is 0 Å². The van der Waals surface area contributed by atoms with Gasteiger partial charge in [-0.05, 0) is 13.0 Å². The Hall–Kier alpha value is -1.66. The average molecular weight is 238 g/mol. The zero-order valence-electron chi connectivity index (χ0n) is 9.66. The molecule has 1 aliphatic heterocycles. The molecule has 1 aromatic rings. The Balaban J connectivity index is 2.45. The van der Waals surface area contributed by atoms with Crippen LogP contribution in [0.1, 0.15) is 11.8 Å². The van der Waals surface area contributed by atoms with Gasteiger partial charge in [-0.2, -0.15) is 0 Å². The molecule has 2 heterocycles. The molecule has 0 bridgehead atoms. The number of aromatic nitrogens is 2. The van der Waals surface area contributed by atoms with E-state index in [0.29, 0.717) is 5.56 Å². The SMILES string of the molecule is Cc1cn([C@H]2C=C[C@@H](CO)O2)c(=O)n(C)c1=O. The van der Waals surface area contributed by atoms with Crippen LogP contribution in [0.2, 0.25) is 0 Å². The molecule has 1 aliphatic rings. The summed E-state index contributed by atoms with van der Waals surface area (Å²) in [6.45, 7) is 1.51. The number of aliphatic hydroxyl groups is 1. The Labute approximate surface area is 97.4 Å². The van der Waals surface area contributed by atoms with Crippen molar-refractivity contribution in [2.24, 2.45) is 7.05 Å². The van der Waals surface area contributed by atoms with Gasteiger partial charge in [0.15, 0.2) is 6.23 Å². The van der Waals surface area contributed by atoms with E-state index in [4.69, 9.17) is 9.84 Å². The van der Waals surface area contributed by atoms with E-state index in [0.717, 1.165) is 4.57 Å². The van der Waals surface area contributed by atoms with Crippen molar-refractivity contribution in [2.45, 2.75) is 19.3 Å². The minimum Gasteiger partial charge on any atom is -0.393 e. The van der Waals surface area contributed by atoms with Gasteiger partial charge in [0.1, 0.15) is 6.10 Å². The summed E-state index contributed by atoms with van der Waals surface area (Å²) < 4.78 is 7.79. The molecule has 0 aliphatic carbocycles. The molecular weight excluding hydrogens is 224 g/mol. The lowest BCUT2D eigenvalue weighted by atomic mass is 10.3. The molecule has 2 rings (SSSR count). The van der Waals surface area contributed by atoms with E-state index in [1.165, 1.54) is 17.8 Å². The molecule has 0 amide bonds. The fraction of sp³-hybridized carbons (Fsp3) is 0.455. The molecule has 0 unspecified atom stereocenters. The molecule has 0 saturated carbocycles. The first kappa shape index (κ1) is 11.8. The summed E-state index contributed by atoms with van der Waals surface area (Å²) in [6.07, 6.45) is 3.89. The summed E-state index contributed by atoms with van der Waals surface area (Å²) in [6, 6.07) is 0. The normalized spacial score (nSPS) is 23.2. The van der Waals surface area contributed by atoms with Crippen LogP contribution in [0.5, 0.6) is 0 Å². The van der Waals surface area contributed by atoms with Crippen LogP contribution in [0.3, 0.4) is 0 Å². The second-order valence-corrected chi connectivity index (χ2v) is 4.00. The molecule has 0 saturated heterocycles. The second kappa shape index (κ2) is 4.31. The number of nitrogens with zero attached hydrogens (tertiary/aromatic N) is 2. The number of hydrogen-bond acceptors (Lipinski definition) is 4. The zero-order chi connectivity index (χ0) is 12.6. The predicted octanol–water partition coefficient (Wildman–Crippen LogP) is -0.699. The number of ether oxygens (including phenoxy) is 1. The smallest absolute Gasteiger partial charge is 0.333 e. The number of aryl methyl sites for hydroxylation is 1. The van der Waals surface area contributed by atoms with Crippen molar-refractivity contribution < 1.29 is 9.84 Å². The largest absolute Gasteiger partial charge is 0.393 e. The van der Waals surface area contributed by atoms with Gasteiger partial charge in [-0.25, -0.2) is 4.79 Å². The minimum atomic E-state index is -0.565. The quantitative estimate of drug-likeness (QED) is 0.691. The van der Waals surface area contributed by atoms with E-state index in [2.05, 4.69) is 0 Å².